The highest BCUT2D eigenvalue weighted by atomic mass is 35.5. The van der Waals surface area contributed by atoms with E-state index in [-0.39, 0.29) is 0 Å². The van der Waals surface area contributed by atoms with E-state index in [1.165, 1.54) is 23.9 Å². The molecule has 0 amide bonds. The van der Waals surface area contributed by atoms with Crippen molar-refractivity contribution >= 4 is 28.2 Å². The van der Waals surface area contributed by atoms with Crippen LogP contribution in [0.3, 0.4) is 0 Å². The number of anilines is 1. The van der Waals surface area contributed by atoms with Gasteiger partial charge in [0.2, 0.25) is 0 Å². The molecule has 0 spiro atoms. The molecule has 2 rings (SSSR count). The fourth-order valence-corrected chi connectivity index (χ4v) is 2.36. The maximum absolute atomic E-state index is 5.92. The SMILES string of the molecule is CCCCN(CCCl)c1ccnc2ccccc12. The molecular formula is C15H19ClN2. The van der Waals surface area contributed by atoms with E-state index in [0.29, 0.717) is 5.88 Å². The van der Waals surface area contributed by atoms with E-state index in [1.54, 1.807) is 0 Å². The van der Waals surface area contributed by atoms with Crippen LogP contribution < -0.4 is 4.90 Å². The molecule has 1 aromatic heterocycles. The molecule has 0 aliphatic rings. The molecule has 0 aliphatic heterocycles. The highest BCUT2D eigenvalue weighted by molar-refractivity contribution is 6.18. The molecule has 3 heteroatoms. The monoisotopic (exact) mass is 262 g/mol. The smallest absolute Gasteiger partial charge is 0.0722 e. The van der Waals surface area contributed by atoms with E-state index >= 15 is 0 Å². The predicted molar refractivity (Wildman–Crippen MR) is 79.6 cm³/mol. The third kappa shape index (κ3) is 2.94. The van der Waals surface area contributed by atoms with Gasteiger partial charge in [-0.2, -0.15) is 0 Å². The Bertz CT molecular complexity index is 493. The van der Waals surface area contributed by atoms with Gasteiger partial charge in [-0.25, -0.2) is 0 Å². The van der Waals surface area contributed by atoms with Gasteiger partial charge in [-0.15, -0.1) is 11.6 Å². The third-order valence-electron chi connectivity index (χ3n) is 3.10. The van der Waals surface area contributed by atoms with E-state index in [4.69, 9.17) is 11.6 Å². The zero-order chi connectivity index (χ0) is 12.8. The molecule has 2 nitrogen and oxygen atoms in total. The Morgan fingerprint density at radius 3 is 2.78 bits per heavy atom. The minimum atomic E-state index is 0.653. The molecule has 0 N–H and O–H groups in total. The maximum Gasteiger partial charge on any atom is 0.0722 e. The maximum atomic E-state index is 5.92. The van der Waals surface area contributed by atoms with Crippen molar-refractivity contribution in [2.75, 3.05) is 23.9 Å². The van der Waals surface area contributed by atoms with Crippen molar-refractivity contribution in [2.24, 2.45) is 0 Å². The van der Waals surface area contributed by atoms with Gasteiger partial charge in [0, 0.05) is 36.2 Å². The van der Waals surface area contributed by atoms with E-state index in [1.807, 2.05) is 12.3 Å². The molecule has 0 saturated heterocycles. The van der Waals surface area contributed by atoms with Gasteiger partial charge in [0.1, 0.15) is 0 Å². The summed E-state index contributed by atoms with van der Waals surface area (Å²) in [7, 11) is 0. The summed E-state index contributed by atoms with van der Waals surface area (Å²) >= 11 is 5.92. The van der Waals surface area contributed by atoms with E-state index in [2.05, 4.69) is 41.1 Å². The van der Waals surface area contributed by atoms with Crippen molar-refractivity contribution in [1.29, 1.82) is 0 Å². The first-order valence-electron chi connectivity index (χ1n) is 6.51. The quantitative estimate of drug-likeness (QED) is 0.730. The Hall–Kier alpha value is -1.28. The van der Waals surface area contributed by atoms with Gasteiger partial charge in [0.25, 0.3) is 0 Å². The molecule has 0 atom stereocenters. The van der Waals surface area contributed by atoms with E-state index in [9.17, 15) is 0 Å². The molecule has 0 aliphatic carbocycles. The van der Waals surface area contributed by atoms with Crippen molar-refractivity contribution in [2.45, 2.75) is 19.8 Å². The van der Waals surface area contributed by atoms with Crippen molar-refractivity contribution in [3.05, 3.63) is 36.5 Å². The number of benzene rings is 1. The Labute approximate surface area is 114 Å². The minimum Gasteiger partial charge on any atom is -0.370 e. The van der Waals surface area contributed by atoms with E-state index in [0.717, 1.165) is 18.6 Å². The number of aromatic nitrogens is 1. The van der Waals surface area contributed by atoms with Crippen LogP contribution in [0.25, 0.3) is 10.9 Å². The first-order valence-corrected chi connectivity index (χ1v) is 7.05. The number of pyridine rings is 1. The van der Waals surface area contributed by atoms with Crippen molar-refractivity contribution in [3.63, 3.8) is 0 Å². The van der Waals surface area contributed by atoms with Gasteiger partial charge in [0.05, 0.1) is 5.52 Å². The van der Waals surface area contributed by atoms with Crippen LogP contribution in [0.4, 0.5) is 5.69 Å². The average molecular weight is 263 g/mol. The summed E-state index contributed by atoms with van der Waals surface area (Å²) in [6.45, 7) is 4.15. The lowest BCUT2D eigenvalue weighted by molar-refractivity contribution is 0.735. The Morgan fingerprint density at radius 1 is 1.17 bits per heavy atom. The molecule has 18 heavy (non-hydrogen) atoms. The zero-order valence-electron chi connectivity index (χ0n) is 10.8. The number of hydrogen-bond donors (Lipinski definition) is 0. The summed E-state index contributed by atoms with van der Waals surface area (Å²) in [6, 6.07) is 10.4. The lowest BCUT2D eigenvalue weighted by Crippen LogP contribution is -2.26. The Balaban J connectivity index is 2.36. The highest BCUT2D eigenvalue weighted by Gasteiger charge is 2.09. The highest BCUT2D eigenvalue weighted by Crippen LogP contribution is 2.25. The topological polar surface area (TPSA) is 16.1 Å². The van der Waals surface area contributed by atoms with Crippen LogP contribution in [-0.4, -0.2) is 24.0 Å². The van der Waals surface area contributed by atoms with Gasteiger partial charge in [-0.05, 0) is 18.6 Å². The number of nitrogens with zero attached hydrogens (tertiary/aromatic N) is 2. The first kappa shape index (κ1) is 13.2. The van der Waals surface area contributed by atoms with Crippen LogP contribution in [-0.2, 0) is 0 Å². The lowest BCUT2D eigenvalue weighted by Gasteiger charge is -2.25. The summed E-state index contributed by atoms with van der Waals surface area (Å²) < 4.78 is 0. The number of hydrogen-bond acceptors (Lipinski definition) is 2. The first-order chi connectivity index (χ1) is 8.86. The van der Waals surface area contributed by atoms with Crippen LogP contribution in [0.1, 0.15) is 19.8 Å². The third-order valence-corrected chi connectivity index (χ3v) is 3.27. The minimum absolute atomic E-state index is 0.653. The molecule has 0 bridgehead atoms. The summed E-state index contributed by atoms with van der Waals surface area (Å²) in [5, 5.41) is 1.21. The number of unbranched alkanes of at least 4 members (excludes halogenated alkanes) is 1. The van der Waals surface area contributed by atoms with Crippen LogP contribution >= 0.6 is 11.6 Å². The lowest BCUT2D eigenvalue weighted by atomic mass is 10.1. The van der Waals surface area contributed by atoms with Gasteiger partial charge in [0.15, 0.2) is 0 Å². The zero-order valence-corrected chi connectivity index (χ0v) is 11.5. The van der Waals surface area contributed by atoms with Crippen LogP contribution in [0.2, 0.25) is 0 Å². The fourth-order valence-electron chi connectivity index (χ4n) is 2.16. The molecular weight excluding hydrogens is 244 g/mol. The molecule has 1 aromatic carbocycles. The molecule has 0 radical (unpaired) electrons. The van der Waals surface area contributed by atoms with Crippen LogP contribution in [0.5, 0.6) is 0 Å². The number of halogens is 1. The summed E-state index contributed by atoms with van der Waals surface area (Å²) in [5.74, 6) is 0.653. The summed E-state index contributed by atoms with van der Waals surface area (Å²) in [4.78, 5) is 6.77. The van der Waals surface area contributed by atoms with Gasteiger partial charge >= 0.3 is 0 Å². The number of alkyl halides is 1. The van der Waals surface area contributed by atoms with Crippen molar-refractivity contribution in [1.82, 2.24) is 4.98 Å². The second-order valence-electron chi connectivity index (χ2n) is 4.38. The second kappa shape index (κ2) is 6.60. The predicted octanol–water partition coefficient (Wildman–Crippen LogP) is 4.08. The molecule has 0 unspecified atom stereocenters. The summed E-state index contributed by atoms with van der Waals surface area (Å²) in [6.07, 6.45) is 4.26. The number of para-hydroxylation sites is 1. The normalized spacial score (nSPS) is 10.8. The summed E-state index contributed by atoms with van der Waals surface area (Å²) in [5.41, 5.74) is 2.29. The van der Waals surface area contributed by atoms with Gasteiger partial charge in [-0.1, -0.05) is 31.5 Å². The fraction of sp³-hybridized carbons (Fsp3) is 0.400. The molecule has 96 valence electrons. The van der Waals surface area contributed by atoms with E-state index < -0.39 is 0 Å². The largest absolute Gasteiger partial charge is 0.370 e. The van der Waals surface area contributed by atoms with Crippen LogP contribution in [0, 0.1) is 0 Å². The van der Waals surface area contributed by atoms with Crippen LogP contribution in [0.15, 0.2) is 36.5 Å². The molecule has 1 heterocycles. The standard InChI is InChI=1S/C15H19ClN2/c1-2-3-11-18(12-9-16)15-8-10-17-14-7-5-4-6-13(14)15/h4-8,10H,2-3,9,11-12H2,1H3. The Morgan fingerprint density at radius 2 is 2.00 bits per heavy atom. The molecule has 0 fully saturated rings. The molecule has 2 aromatic rings. The number of rotatable bonds is 6. The van der Waals surface area contributed by atoms with Crippen molar-refractivity contribution in [3.8, 4) is 0 Å². The average Bonchev–Trinajstić information content (AvgIpc) is 2.43. The number of fused-ring (bicyclic) bond motifs is 1. The van der Waals surface area contributed by atoms with Gasteiger partial charge in [-0.3, -0.25) is 4.98 Å². The molecule has 0 saturated carbocycles. The second-order valence-corrected chi connectivity index (χ2v) is 4.75. The van der Waals surface area contributed by atoms with Crippen molar-refractivity contribution < 1.29 is 0 Å². The Kier molecular flexibility index (Phi) is 4.82. The van der Waals surface area contributed by atoms with Gasteiger partial charge < -0.3 is 4.90 Å².